The van der Waals surface area contributed by atoms with Gasteiger partial charge >= 0.3 is 5.97 Å². The summed E-state index contributed by atoms with van der Waals surface area (Å²) < 4.78 is 22.9. The third-order valence-corrected chi connectivity index (χ3v) is 5.88. The number of aromatic nitrogens is 1. The lowest BCUT2D eigenvalue weighted by Crippen LogP contribution is -2.42. The Morgan fingerprint density at radius 3 is 2.39 bits per heavy atom. The third kappa shape index (κ3) is 7.11. The molecule has 0 saturated carbocycles. The van der Waals surface area contributed by atoms with E-state index in [0.29, 0.717) is 11.1 Å². The van der Waals surface area contributed by atoms with E-state index in [2.05, 4.69) is 10.3 Å². The molecule has 0 radical (unpaired) electrons. The fraction of sp³-hybridized carbons (Fsp3) is 0.160. The van der Waals surface area contributed by atoms with Crippen molar-refractivity contribution in [2.45, 2.75) is 12.5 Å². The quantitative estimate of drug-likeness (QED) is 0.501. The van der Waals surface area contributed by atoms with Gasteiger partial charge in [0, 0.05) is 24.2 Å². The fourth-order valence-corrected chi connectivity index (χ4v) is 3.88. The molecule has 1 atom stereocenters. The lowest BCUT2D eigenvalue weighted by Gasteiger charge is -2.16. The van der Waals surface area contributed by atoms with Crippen LogP contribution in [0.2, 0.25) is 0 Å². The standard InChI is InChI=1S/C25H24N2O5S/c1-33(31,32)15-13-23(25(29)30)27-24(28)21-12-11-18(9-10-19-6-5-14-26-17-19)16-22(21)20-7-3-2-4-8-20/h2-12,14,16-17,23H,13,15H2,1H3,(H,27,28)(H,29,30)/t23-/m0/s1. The van der Waals surface area contributed by atoms with E-state index in [0.717, 1.165) is 22.9 Å². The Labute approximate surface area is 192 Å². The number of nitrogens with zero attached hydrogens (tertiary/aromatic N) is 1. The van der Waals surface area contributed by atoms with Crippen LogP contribution in [0.25, 0.3) is 23.3 Å². The van der Waals surface area contributed by atoms with Gasteiger partial charge in [-0.25, -0.2) is 13.2 Å². The van der Waals surface area contributed by atoms with Crippen LogP contribution < -0.4 is 5.32 Å². The van der Waals surface area contributed by atoms with Crippen molar-refractivity contribution in [2.24, 2.45) is 0 Å². The topological polar surface area (TPSA) is 113 Å². The first kappa shape index (κ1) is 23.9. The van der Waals surface area contributed by atoms with Crippen LogP contribution in [0.15, 0.2) is 73.1 Å². The number of carbonyl (C=O) groups is 2. The van der Waals surface area contributed by atoms with Gasteiger partial charge in [-0.2, -0.15) is 0 Å². The molecule has 0 aliphatic carbocycles. The van der Waals surface area contributed by atoms with Crippen LogP contribution in [0.4, 0.5) is 0 Å². The van der Waals surface area contributed by atoms with E-state index in [9.17, 15) is 23.1 Å². The summed E-state index contributed by atoms with van der Waals surface area (Å²) >= 11 is 0. The second kappa shape index (κ2) is 10.7. The number of carboxylic acids is 1. The maximum Gasteiger partial charge on any atom is 0.326 e. The molecule has 0 aliphatic heterocycles. The van der Waals surface area contributed by atoms with Gasteiger partial charge in [0.05, 0.1) is 5.75 Å². The molecule has 0 bridgehead atoms. The zero-order valence-corrected chi connectivity index (χ0v) is 18.8. The second-order valence-electron chi connectivity index (χ2n) is 7.57. The van der Waals surface area contributed by atoms with Gasteiger partial charge in [-0.1, -0.05) is 54.6 Å². The number of pyridine rings is 1. The van der Waals surface area contributed by atoms with E-state index in [1.54, 1.807) is 24.5 Å². The summed E-state index contributed by atoms with van der Waals surface area (Å²) in [5.74, 6) is -2.21. The van der Waals surface area contributed by atoms with Gasteiger partial charge in [0.25, 0.3) is 5.91 Å². The van der Waals surface area contributed by atoms with Crippen molar-refractivity contribution < 1.29 is 23.1 Å². The summed E-state index contributed by atoms with van der Waals surface area (Å²) in [5.41, 5.74) is 3.50. The normalized spacial score (nSPS) is 12.4. The van der Waals surface area contributed by atoms with Crippen LogP contribution in [-0.4, -0.2) is 48.4 Å². The fourth-order valence-electron chi connectivity index (χ4n) is 3.21. The summed E-state index contributed by atoms with van der Waals surface area (Å²) in [5, 5.41) is 11.9. The zero-order valence-electron chi connectivity index (χ0n) is 18.0. The Kier molecular flexibility index (Phi) is 7.74. The molecule has 2 N–H and O–H groups in total. The minimum atomic E-state index is -3.37. The molecular formula is C25H24N2O5S. The highest BCUT2D eigenvalue weighted by molar-refractivity contribution is 7.90. The average Bonchev–Trinajstić information content (AvgIpc) is 2.80. The summed E-state index contributed by atoms with van der Waals surface area (Å²) in [6, 6.07) is 17.0. The molecular weight excluding hydrogens is 440 g/mol. The van der Waals surface area contributed by atoms with E-state index < -0.39 is 27.8 Å². The van der Waals surface area contributed by atoms with Crippen LogP contribution in [0, 0.1) is 0 Å². The Morgan fingerprint density at radius 2 is 1.76 bits per heavy atom. The number of hydrogen-bond donors (Lipinski definition) is 2. The van der Waals surface area contributed by atoms with Crippen molar-refractivity contribution in [1.29, 1.82) is 0 Å². The summed E-state index contributed by atoms with van der Waals surface area (Å²) in [7, 11) is -3.37. The van der Waals surface area contributed by atoms with Gasteiger partial charge in [0.15, 0.2) is 0 Å². The molecule has 7 nitrogen and oxygen atoms in total. The maximum atomic E-state index is 13.0. The highest BCUT2D eigenvalue weighted by atomic mass is 32.2. The smallest absolute Gasteiger partial charge is 0.326 e. The average molecular weight is 465 g/mol. The number of benzene rings is 2. The molecule has 2 aromatic carbocycles. The van der Waals surface area contributed by atoms with Crippen molar-refractivity contribution in [2.75, 3.05) is 12.0 Å². The zero-order chi connectivity index (χ0) is 23.8. The van der Waals surface area contributed by atoms with Crippen molar-refractivity contribution in [3.05, 3.63) is 89.7 Å². The molecule has 0 unspecified atom stereocenters. The highest BCUT2D eigenvalue weighted by Gasteiger charge is 2.23. The van der Waals surface area contributed by atoms with Gasteiger partial charge in [0.2, 0.25) is 0 Å². The van der Waals surface area contributed by atoms with Crippen molar-refractivity contribution in [1.82, 2.24) is 10.3 Å². The maximum absolute atomic E-state index is 13.0. The molecule has 170 valence electrons. The van der Waals surface area contributed by atoms with Gasteiger partial charge in [-0.15, -0.1) is 0 Å². The minimum absolute atomic E-state index is 0.216. The van der Waals surface area contributed by atoms with Gasteiger partial charge in [0.1, 0.15) is 15.9 Å². The first-order valence-corrected chi connectivity index (χ1v) is 12.3. The Hall–Kier alpha value is -3.78. The van der Waals surface area contributed by atoms with E-state index >= 15 is 0 Å². The lowest BCUT2D eigenvalue weighted by atomic mass is 9.96. The molecule has 33 heavy (non-hydrogen) atoms. The predicted octanol–water partition coefficient (Wildman–Crippen LogP) is 3.54. The summed E-state index contributed by atoms with van der Waals surface area (Å²) in [4.78, 5) is 28.7. The Bertz CT molecular complexity index is 1260. The van der Waals surface area contributed by atoms with Crippen molar-refractivity contribution >= 4 is 33.9 Å². The van der Waals surface area contributed by atoms with Crippen LogP contribution >= 0.6 is 0 Å². The van der Waals surface area contributed by atoms with Gasteiger partial charge in [-0.3, -0.25) is 9.78 Å². The van der Waals surface area contributed by atoms with E-state index in [-0.39, 0.29) is 12.2 Å². The second-order valence-corrected chi connectivity index (χ2v) is 9.83. The number of hydrogen-bond acceptors (Lipinski definition) is 5. The largest absolute Gasteiger partial charge is 0.480 e. The lowest BCUT2D eigenvalue weighted by molar-refractivity contribution is -0.139. The molecule has 3 rings (SSSR count). The SMILES string of the molecule is CS(=O)(=O)CC[C@H](NC(=O)c1ccc(C=Cc2cccnc2)cc1-c1ccccc1)C(=O)O. The van der Waals surface area contributed by atoms with E-state index in [4.69, 9.17) is 0 Å². The Balaban J connectivity index is 1.92. The first-order chi connectivity index (χ1) is 15.7. The number of aliphatic carboxylic acids is 1. The van der Waals surface area contributed by atoms with Crippen LogP contribution in [0.3, 0.4) is 0 Å². The third-order valence-electron chi connectivity index (χ3n) is 4.91. The predicted molar refractivity (Wildman–Crippen MR) is 128 cm³/mol. The van der Waals surface area contributed by atoms with Crippen molar-refractivity contribution in [3.63, 3.8) is 0 Å². The van der Waals surface area contributed by atoms with E-state index in [1.165, 1.54) is 0 Å². The van der Waals surface area contributed by atoms with Crippen LogP contribution in [0.1, 0.15) is 27.9 Å². The number of rotatable bonds is 9. The summed E-state index contributed by atoms with van der Waals surface area (Å²) in [6.45, 7) is 0. The van der Waals surface area contributed by atoms with Crippen LogP contribution in [0.5, 0.6) is 0 Å². The minimum Gasteiger partial charge on any atom is -0.480 e. The molecule has 3 aromatic rings. The molecule has 8 heteroatoms. The molecule has 0 saturated heterocycles. The number of carbonyl (C=O) groups excluding carboxylic acids is 1. The van der Waals surface area contributed by atoms with Gasteiger partial charge < -0.3 is 10.4 Å². The summed E-state index contributed by atoms with van der Waals surface area (Å²) in [6.07, 6.45) is 8.04. The number of amides is 1. The monoisotopic (exact) mass is 464 g/mol. The van der Waals surface area contributed by atoms with Gasteiger partial charge in [-0.05, 0) is 46.9 Å². The molecule has 0 aliphatic rings. The number of carboxylic acid groups (broad SMARTS) is 1. The first-order valence-electron chi connectivity index (χ1n) is 10.2. The molecule has 0 fully saturated rings. The number of nitrogens with one attached hydrogen (secondary N) is 1. The highest BCUT2D eigenvalue weighted by Crippen LogP contribution is 2.26. The molecule has 1 heterocycles. The van der Waals surface area contributed by atoms with Crippen LogP contribution in [-0.2, 0) is 14.6 Å². The Morgan fingerprint density at radius 1 is 1.03 bits per heavy atom. The molecule has 0 spiro atoms. The number of sulfone groups is 1. The van der Waals surface area contributed by atoms with Crippen molar-refractivity contribution in [3.8, 4) is 11.1 Å². The molecule has 1 aromatic heterocycles. The molecule has 1 amide bonds. The van der Waals surface area contributed by atoms with E-state index in [1.807, 2.05) is 60.7 Å².